The van der Waals surface area contributed by atoms with Crippen molar-refractivity contribution in [3.63, 3.8) is 0 Å². The molecule has 5 rings (SSSR count). The molecule has 0 spiro atoms. The highest BCUT2D eigenvalue weighted by molar-refractivity contribution is 5.95. The Morgan fingerprint density at radius 2 is 1.97 bits per heavy atom. The van der Waals surface area contributed by atoms with E-state index in [9.17, 15) is 4.79 Å². The van der Waals surface area contributed by atoms with Crippen molar-refractivity contribution in [1.82, 2.24) is 24.6 Å². The van der Waals surface area contributed by atoms with Gasteiger partial charge in [0.05, 0.1) is 31.2 Å². The highest BCUT2D eigenvalue weighted by Crippen LogP contribution is 2.37. The second-order valence-electron chi connectivity index (χ2n) is 8.95. The fourth-order valence-corrected chi connectivity index (χ4v) is 4.56. The molecule has 35 heavy (non-hydrogen) atoms. The minimum absolute atomic E-state index is 0.0258. The van der Waals surface area contributed by atoms with Crippen LogP contribution in [0.2, 0.25) is 0 Å². The van der Waals surface area contributed by atoms with E-state index in [4.69, 9.17) is 20.3 Å². The Labute approximate surface area is 203 Å². The first-order chi connectivity index (χ1) is 17.0. The number of methoxy groups -OCH3 is 2. The normalized spacial score (nSPS) is 17.2. The van der Waals surface area contributed by atoms with Gasteiger partial charge in [-0.1, -0.05) is 12.5 Å². The van der Waals surface area contributed by atoms with Gasteiger partial charge in [0, 0.05) is 37.0 Å². The van der Waals surface area contributed by atoms with Crippen LogP contribution in [-0.4, -0.2) is 57.9 Å². The third kappa shape index (κ3) is 4.52. The molecule has 1 saturated heterocycles. The van der Waals surface area contributed by atoms with E-state index < -0.39 is 0 Å². The van der Waals surface area contributed by atoms with Crippen LogP contribution in [0.5, 0.6) is 11.8 Å². The molecule has 4 heterocycles. The van der Waals surface area contributed by atoms with E-state index in [1.807, 2.05) is 10.9 Å². The summed E-state index contributed by atoms with van der Waals surface area (Å²) >= 11 is 0. The summed E-state index contributed by atoms with van der Waals surface area (Å²) in [6.45, 7) is 4.85. The molecule has 180 valence electrons. The summed E-state index contributed by atoms with van der Waals surface area (Å²) in [5.74, 6) is 8.18. The van der Waals surface area contributed by atoms with Gasteiger partial charge in [0.2, 0.25) is 17.7 Å². The molecule has 9 nitrogen and oxygen atoms in total. The molecule has 0 aromatic carbocycles. The highest BCUT2D eigenvalue weighted by atomic mass is 16.5. The smallest absolute Gasteiger partial charge is 0.246 e. The number of amides is 1. The number of rotatable bonds is 6. The topological polar surface area (TPSA) is 108 Å². The molecule has 3 aromatic rings. The summed E-state index contributed by atoms with van der Waals surface area (Å²) in [4.78, 5) is 22.7. The average molecular weight is 473 g/mol. The number of anilines is 1. The summed E-state index contributed by atoms with van der Waals surface area (Å²) in [6, 6.07) is 3.51. The zero-order valence-electron chi connectivity index (χ0n) is 20.0. The molecule has 1 saturated carbocycles. The van der Waals surface area contributed by atoms with Gasteiger partial charge in [-0.15, -0.1) is 0 Å². The van der Waals surface area contributed by atoms with Crippen molar-refractivity contribution in [3.8, 4) is 23.6 Å². The van der Waals surface area contributed by atoms with Gasteiger partial charge in [-0.3, -0.25) is 9.48 Å². The maximum absolute atomic E-state index is 12.2. The summed E-state index contributed by atoms with van der Waals surface area (Å²) in [7, 11) is 3.09. The average Bonchev–Trinajstić information content (AvgIpc) is 3.40. The van der Waals surface area contributed by atoms with Crippen LogP contribution in [0.25, 0.3) is 10.9 Å². The van der Waals surface area contributed by atoms with Crippen LogP contribution in [-0.2, 0) is 11.2 Å². The van der Waals surface area contributed by atoms with Gasteiger partial charge < -0.3 is 20.1 Å². The number of nitrogens with zero attached hydrogens (tertiary/aromatic N) is 5. The lowest BCUT2D eigenvalue weighted by atomic mass is 10.1. The van der Waals surface area contributed by atoms with Crippen molar-refractivity contribution in [2.24, 2.45) is 5.92 Å². The Balaban J connectivity index is 1.61. The highest BCUT2D eigenvalue weighted by Gasteiger charge is 2.31. The second-order valence-corrected chi connectivity index (χ2v) is 8.95. The van der Waals surface area contributed by atoms with Crippen LogP contribution in [0.15, 0.2) is 31.0 Å². The van der Waals surface area contributed by atoms with Gasteiger partial charge in [0.15, 0.2) is 0 Å². The van der Waals surface area contributed by atoms with E-state index in [1.165, 1.54) is 18.9 Å². The van der Waals surface area contributed by atoms with Crippen molar-refractivity contribution in [2.45, 2.75) is 31.7 Å². The molecule has 0 unspecified atom stereocenters. The number of hydrogen-bond acceptors (Lipinski definition) is 7. The molecule has 9 heteroatoms. The summed E-state index contributed by atoms with van der Waals surface area (Å²) in [5.41, 5.74) is 9.72. The number of ether oxygens (including phenoxy) is 2. The molecular formula is C26H28N6O3. The van der Waals surface area contributed by atoms with Crippen LogP contribution in [0, 0.1) is 17.8 Å². The maximum atomic E-state index is 12.2. The zero-order valence-corrected chi connectivity index (χ0v) is 20.0. The Hall–Kier alpha value is -4.06. The molecule has 1 atom stereocenters. The largest absolute Gasteiger partial charge is 0.481 e. The number of nitrogen functional groups attached to an aromatic ring is 1. The van der Waals surface area contributed by atoms with Gasteiger partial charge in [0.25, 0.3) is 0 Å². The standard InChI is InChI=1S/C26H28N6O3/c1-4-23(33)31-10-9-19(15-31)32-25-18(11-16-5-6-16)14-28-26(27)24(25)20(30-32)8-7-17-12-21(34-2)29-22(13-17)35-3/h4,12-14,16,19H,1,5-6,9-11,15H2,2-3H3,(H2,27,28)/t19-/m0/s1. The van der Waals surface area contributed by atoms with E-state index in [2.05, 4.69) is 28.4 Å². The predicted molar refractivity (Wildman–Crippen MR) is 132 cm³/mol. The number of pyridine rings is 2. The molecule has 1 aliphatic carbocycles. The van der Waals surface area contributed by atoms with E-state index >= 15 is 0 Å². The van der Waals surface area contributed by atoms with E-state index in [0.29, 0.717) is 47.8 Å². The fraction of sp³-hybridized carbons (Fsp3) is 0.385. The van der Waals surface area contributed by atoms with Gasteiger partial charge in [-0.25, -0.2) is 4.98 Å². The number of carbonyl (C=O) groups excluding carboxylic acids is 1. The minimum Gasteiger partial charge on any atom is -0.481 e. The van der Waals surface area contributed by atoms with Crippen LogP contribution < -0.4 is 15.2 Å². The first kappa shape index (κ1) is 22.7. The van der Waals surface area contributed by atoms with E-state index in [1.54, 1.807) is 31.3 Å². The maximum Gasteiger partial charge on any atom is 0.246 e. The van der Waals surface area contributed by atoms with E-state index in [-0.39, 0.29) is 11.9 Å². The van der Waals surface area contributed by atoms with Crippen molar-refractivity contribution in [2.75, 3.05) is 33.0 Å². The minimum atomic E-state index is -0.0658. The fourth-order valence-electron chi connectivity index (χ4n) is 4.56. The Morgan fingerprint density at radius 3 is 2.63 bits per heavy atom. The Kier molecular flexibility index (Phi) is 6.03. The van der Waals surface area contributed by atoms with Crippen LogP contribution >= 0.6 is 0 Å². The molecule has 2 fully saturated rings. The zero-order chi connectivity index (χ0) is 24.5. The quantitative estimate of drug-likeness (QED) is 0.434. The first-order valence-corrected chi connectivity index (χ1v) is 11.7. The number of fused-ring (bicyclic) bond motifs is 1. The first-order valence-electron chi connectivity index (χ1n) is 11.7. The van der Waals surface area contributed by atoms with Gasteiger partial charge in [-0.2, -0.15) is 10.1 Å². The molecule has 2 aliphatic rings. The van der Waals surface area contributed by atoms with Crippen molar-refractivity contribution in [1.29, 1.82) is 0 Å². The molecule has 3 aromatic heterocycles. The molecular weight excluding hydrogens is 444 g/mol. The second kappa shape index (κ2) is 9.29. The van der Waals surface area contributed by atoms with Crippen molar-refractivity contribution < 1.29 is 14.3 Å². The third-order valence-electron chi connectivity index (χ3n) is 6.55. The number of aromatic nitrogens is 4. The Morgan fingerprint density at radius 1 is 1.23 bits per heavy atom. The monoisotopic (exact) mass is 472 g/mol. The van der Waals surface area contributed by atoms with E-state index in [0.717, 1.165) is 29.3 Å². The summed E-state index contributed by atoms with van der Waals surface area (Å²) in [5, 5.41) is 5.68. The molecule has 0 radical (unpaired) electrons. The summed E-state index contributed by atoms with van der Waals surface area (Å²) in [6.07, 6.45) is 7.41. The number of carbonyl (C=O) groups is 1. The molecule has 0 bridgehead atoms. The molecule has 2 N–H and O–H groups in total. The van der Waals surface area contributed by atoms with Crippen molar-refractivity contribution >= 4 is 22.6 Å². The SMILES string of the molecule is C=CC(=O)N1CC[C@H](n2nc(C#Cc3cc(OC)nc(OC)c3)c3c(N)ncc(CC4CC4)c32)C1. The van der Waals surface area contributed by atoms with Crippen LogP contribution in [0.3, 0.4) is 0 Å². The molecule has 1 aliphatic heterocycles. The van der Waals surface area contributed by atoms with Gasteiger partial charge >= 0.3 is 0 Å². The third-order valence-corrected chi connectivity index (χ3v) is 6.55. The Bertz CT molecular complexity index is 1340. The lowest BCUT2D eigenvalue weighted by Gasteiger charge is -2.16. The lowest BCUT2D eigenvalue weighted by molar-refractivity contribution is -0.125. The van der Waals surface area contributed by atoms with Gasteiger partial charge in [-0.05, 0) is 49.2 Å². The van der Waals surface area contributed by atoms with Crippen molar-refractivity contribution in [3.05, 3.63) is 47.8 Å². The molecule has 1 amide bonds. The lowest BCUT2D eigenvalue weighted by Crippen LogP contribution is -2.27. The van der Waals surface area contributed by atoms with Gasteiger partial charge in [0.1, 0.15) is 11.5 Å². The number of hydrogen-bond donors (Lipinski definition) is 1. The predicted octanol–water partition coefficient (Wildman–Crippen LogP) is 2.74. The summed E-state index contributed by atoms with van der Waals surface area (Å²) < 4.78 is 12.5. The number of nitrogens with two attached hydrogens (primary N) is 1. The van der Waals surface area contributed by atoms with Crippen LogP contribution in [0.4, 0.5) is 5.82 Å². The van der Waals surface area contributed by atoms with Crippen LogP contribution in [0.1, 0.15) is 42.1 Å². The number of likely N-dealkylation sites (tertiary alicyclic amines) is 1.